The Hall–Kier alpha value is -3.48. The van der Waals surface area contributed by atoms with E-state index in [2.05, 4.69) is 20.4 Å². The Morgan fingerprint density at radius 3 is 2.74 bits per heavy atom. The van der Waals surface area contributed by atoms with Crippen LogP contribution in [0.25, 0.3) is 27.7 Å². The molecule has 1 aliphatic heterocycles. The number of rotatable bonds is 5. The molecule has 1 aromatic carbocycles. The van der Waals surface area contributed by atoms with Gasteiger partial charge in [0.05, 0.1) is 42.9 Å². The van der Waals surface area contributed by atoms with Gasteiger partial charge in [-0.05, 0) is 31.7 Å². The molecule has 9 nitrogen and oxygen atoms in total. The number of hydrogen-bond acceptors (Lipinski definition) is 7. The summed E-state index contributed by atoms with van der Waals surface area (Å²) in [6.45, 7) is 0.741. The van der Waals surface area contributed by atoms with Crippen molar-refractivity contribution in [3.8, 4) is 17.0 Å². The molecule has 4 aromatic rings. The topological polar surface area (TPSA) is 99.4 Å². The molecule has 1 fully saturated rings. The number of nitrogens with two attached hydrogens (primary N) is 1. The Balaban J connectivity index is 1.81. The number of halogens is 4. The first kappa shape index (κ1) is 22.3. The number of anilines is 1. The highest BCUT2D eigenvalue weighted by molar-refractivity contribution is 5.90. The first-order chi connectivity index (χ1) is 16.1. The lowest BCUT2D eigenvalue weighted by molar-refractivity contribution is -0.00340. The molecule has 0 amide bonds. The molecule has 0 unspecified atom stereocenters. The van der Waals surface area contributed by atoms with E-state index in [-0.39, 0.29) is 41.7 Å². The van der Waals surface area contributed by atoms with E-state index in [1.165, 1.54) is 23.6 Å². The molecule has 0 radical (unpaired) electrons. The summed E-state index contributed by atoms with van der Waals surface area (Å²) in [5.74, 6) is -5.86. The molecular weight excluding hydrogens is 456 g/mol. The summed E-state index contributed by atoms with van der Waals surface area (Å²) in [5.41, 5.74) is 6.78. The van der Waals surface area contributed by atoms with Crippen molar-refractivity contribution in [1.29, 1.82) is 0 Å². The molecular formula is C21H22F4N8O. The highest BCUT2D eigenvalue weighted by Gasteiger charge is 2.51. The molecule has 5 rings (SSSR count). The van der Waals surface area contributed by atoms with Crippen LogP contribution in [0, 0.1) is 5.82 Å². The zero-order chi connectivity index (χ0) is 24.4. The lowest BCUT2D eigenvalue weighted by Crippen LogP contribution is -2.27. The summed E-state index contributed by atoms with van der Waals surface area (Å²) in [4.78, 5) is 5.46. The van der Waals surface area contributed by atoms with Crippen molar-refractivity contribution in [2.45, 2.75) is 31.5 Å². The summed E-state index contributed by atoms with van der Waals surface area (Å²) in [5, 5.41) is 12.0. The Kier molecular flexibility index (Phi) is 5.11. The normalized spacial score (nSPS) is 19.3. The molecule has 3 aromatic heterocycles. The number of aromatic nitrogens is 6. The van der Waals surface area contributed by atoms with Gasteiger partial charge in [-0.2, -0.15) is 4.98 Å². The largest absolute Gasteiger partial charge is 0.479 e. The maximum absolute atomic E-state index is 16.1. The fourth-order valence-corrected chi connectivity index (χ4v) is 4.60. The molecule has 34 heavy (non-hydrogen) atoms. The van der Waals surface area contributed by atoms with Gasteiger partial charge in [0.15, 0.2) is 5.82 Å². The summed E-state index contributed by atoms with van der Waals surface area (Å²) in [6.07, 6.45) is -1.19. The number of benzene rings is 1. The van der Waals surface area contributed by atoms with Gasteiger partial charge >= 0.3 is 0 Å². The third kappa shape index (κ3) is 3.42. The number of likely N-dealkylation sites (tertiary alicyclic amines) is 1. The molecule has 1 aliphatic rings. The molecule has 1 saturated heterocycles. The maximum atomic E-state index is 16.1. The van der Waals surface area contributed by atoms with E-state index < -0.39 is 30.4 Å². The van der Waals surface area contributed by atoms with Crippen LogP contribution in [-0.4, -0.2) is 73.8 Å². The van der Waals surface area contributed by atoms with Gasteiger partial charge in [-0.1, -0.05) is 11.3 Å². The van der Waals surface area contributed by atoms with Crippen molar-refractivity contribution in [3.05, 3.63) is 29.7 Å². The zero-order valence-corrected chi connectivity index (χ0v) is 18.6. The number of fused-ring (bicyclic) bond motifs is 2. The predicted molar refractivity (Wildman–Crippen MR) is 116 cm³/mol. The predicted octanol–water partition coefficient (Wildman–Crippen LogP) is 2.89. The smallest absolute Gasteiger partial charge is 0.270 e. The Bertz CT molecular complexity index is 1400. The molecule has 0 bridgehead atoms. The van der Waals surface area contributed by atoms with Gasteiger partial charge in [0.25, 0.3) is 5.92 Å². The van der Waals surface area contributed by atoms with Gasteiger partial charge < -0.3 is 10.5 Å². The SMILES string of the molecule is COc1nc(N)nn2c([C@H]3CN(C)CC3(F)F)c(F)c(-c3ccc4nnn(C[C@H](C)F)c4c3)c12. The molecule has 0 saturated carbocycles. The van der Waals surface area contributed by atoms with Crippen LogP contribution in [0.2, 0.25) is 0 Å². The summed E-state index contributed by atoms with van der Waals surface area (Å²) >= 11 is 0. The maximum Gasteiger partial charge on any atom is 0.270 e. The fourth-order valence-electron chi connectivity index (χ4n) is 4.60. The summed E-state index contributed by atoms with van der Waals surface area (Å²) in [6, 6.07) is 4.76. The average Bonchev–Trinajstić information content (AvgIpc) is 3.37. The van der Waals surface area contributed by atoms with Gasteiger partial charge in [-0.15, -0.1) is 10.2 Å². The second-order valence-corrected chi connectivity index (χ2v) is 8.58. The summed E-state index contributed by atoms with van der Waals surface area (Å²) in [7, 11) is 2.86. The lowest BCUT2D eigenvalue weighted by atomic mass is 9.98. The Morgan fingerprint density at radius 1 is 1.32 bits per heavy atom. The molecule has 0 spiro atoms. The van der Waals surface area contributed by atoms with E-state index >= 15 is 4.39 Å². The molecule has 180 valence electrons. The number of nitrogens with zero attached hydrogens (tertiary/aromatic N) is 7. The van der Waals surface area contributed by atoms with E-state index in [9.17, 15) is 13.2 Å². The Labute approximate surface area is 191 Å². The van der Waals surface area contributed by atoms with Gasteiger partial charge in [0, 0.05) is 6.54 Å². The first-order valence-electron chi connectivity index (χ1n) is 10.6. The van der Waals surface area contributed by atoms with E-state index in [0.717, 1.165) is 4.52 Å². The van der Waals surface area contributed by atoms with Crippen LogP contribution in [0.1, 0.15) is 18.5 Å². The first-order valence-corrected chi connectivity index (χ1v) is 10.6. The lowest BCUT2D eigenvalue weighted by Gasteiger charge is -2.17. The van der Waals surface area contributed by atoms with Crippen molar-refractivity contribution >= 4 is 22.5 Å². The minimum atomic E-state index is -3.20. The van der Waals surface area contributed by atoms with E-state index in [1.54, 1.807) is 25.2 Å². The van der Waals surface area contributed by atoms with Gasteiger partial charge in [-0.25, -0.2) is 26.8 Å². The molecule has 4 heterocycles. The second-order valence-electron chi connectivity index (χ2n) is 8.58. The van der Waals surface area contributed by atoms with Crippen molar-refractivity contribution in [2.24, 2.45) is 0 Å². The van der Waals surface area contributed by atoms with Gasteiger partial charge in [-0.3, -0.25) is 4.90 Å². The quantitative estimate of drug-likeness (QED) is 0.441. The molecule has 2 N–H and O–H groups in total. The number of likely N-dealkylation sites (N-methyl/N-ethyl adjacent to an activating group) is 1. The standard InChI is InChI=1S/C21H22F4N8O/c1-10(22)7-32-14-6-11(4-5-13(14)28-30-32)15-16(23)17(12-8-31(2)9-21(12,24)25)33-18(15)19(34-3)27-20(26)29-33/h4-6,10,12H,7-9H2,1-3H3,(H2,26,29)/t10-,12+/m0/s1. The second kappa shape index (κ2) is 7.79. The number of methoxy groups -OCH3 is 1. The van der Waals surface area contributed by atoms with Crippen LogP contribution in [0.5, 0.6) is 5.88 Å². The van der Waals surface area contributed by atoms with Crippen molar-refractivity contribution in [3.63, 3.8) is 0 Å². The monoisotopic (exact) mass is 478 g/mol. The van der Waals surface area contributed by atoms with E-state index in [0.29, 0.717) is 16.6 Å². The van der Waals surface area contributed by atoms with Crippen molar-refractivity contribution in [1.82, 2.24) is 34.5 Å². The number of nitrogen functional groups attached to an aromatic ring is 1. The van der Waals surface area contributed by atoms with Crippen LogP contribution >= 0.6 is 0 Å². The van der Waals surface area contributed by atoms with Crippen LogP contribution in [0.15, 0.2) is 18.2 Å². The molecule has 0 aliphatic carbocycles. The number of alkyl halides is 3. The average molecular weight is 478 g/mol. The van der Waals surface area contributed by atoms with Crippen LogP contribution in [0.3, 0.4) is 0 Å². The zero-order valence-electron chi connectivity index (χ0n) is 18.6. The third-order valence-corrected chi connectivity index (χ3v) is 5.98. The van der Waals surface area contributed by atoms with Crippen molar-refractivity contribution in [2.75, 3.05) is 33.0 Å². The van der Waals surface area contributed by atoms with E-state index in [4.69, 9.17) is 10.5 Å². The van der Waals surface area contributed by atoms with Crippen LogP contribution in [0.4, 0.5) is 23.5 Å². The van der Waals surface area contributed by atoms with Crippen molar-refractivity contribution < 1.29 is 22.3 Å². The highest BCUT2D eigenvalue weighted by atomic mass is 19.3. The summed E-state index contributed by atoms with van der Waals surface area (Å²) < 4.78 is 67.3. The van der Waals surface area contributed by atoms with Gasteiger partial charge in [0.2, 0.25) is 11.8 Å². The highest BCUT2D eigenvalue weighted by Crippen LogP contribution is 2.45. The fraction of sp³-hybridized carbons (Fsp3) is 0.429. The molecule has 13 heteroatoms. The molecule has 2 atom stereocenters. The van der Waals surface area contributed by atoms with E-state index in [1.807, 2.05) is 0 Å². The number of ether oxygens (including phenoxy) is 1. The van der Waals surface area contributed by atoms with Crippen LogP contribution in [-0.2, 0) is 6.54 Å². The minimum absolute atomic E-state index is 0.0276. The minimum Gasteiger partial charge on any atom is -0.479 e. The van der Waals surface area contributed by atoms with Crippen LogP contribution < -0.4 is 10.5 Å². The number of hydrogen-bond donors (Lipinski definition) is 1. The third-order valence-electron chi connectivity index (χ3n) is 5.98. The van der Waals surface area contributed by atoms with Gasteiger partial charge in [0.1, 0.15) is 17.2 Å². The Morgan fingerprint density at radius 2 is 2.09 bits per heavy atom.